The highest BCUT2D eigenvalue weighted by molar-refractivity contribution is 5.91. The number of fused-ring (bicyclic) bond motifs is 3. The summed E-state index contributed by atoms with van der Waals surface area (Å²) in [4.78, 5) is 38.7. The largest absolute Gasteiger partial charge is 0.480 e. The number of hydrogen-bond acceptors (Lipinski definition) is 4. The van der Waals surface area contributed by atoms with Crippen molar-refractivity contribution in [3.8, 4) is 11.1 Å². The normalized spacial score (nSPS) is 20.4. The summed E-state index contributed by atoms with van der Waals surface area (Å²) in [6, 6.07) is 15.3. The van der Waals surface area contributed by atoms with Crippen molar-refractivity contribution >= 4 is 18.0 Å². The summed E-state index contributed by atoms with van der Waals surface area (Å²) in [6.45, 7) is 3.85. The molecule has 1 heterocycles. The van der Waals surface area contributed by atoms with Crippen molar-refractivity contribution in [1.82, 2.24) is 10.2 Å². The topological polar surface area (TPSA) is 95.9 Å². The minimum Gasteiger partial charge on any atom is -0.480 e. The van der Waals surface area contributed by atoms with Gasteiger partial charge < -0.3 is 20.1 Å². The van der Waals surface area contributed by atoms with Gasteiger partial charge in [-0.2, -0.15) is 0 Å². The Morgan fingerprint density at radius 2 is 1.72 bits per heavy atom. The van der Waals surface area contributed by atoms with Gasteiger partial charge >= 0.3 is 12.1 Å². The number of carboxylic acid groups (broad SMARTS) is 1. The molecular weight excluding hydrogens is 408 g/mol. The molecule has 4 rings (SSSR count). The Bertz CT molecular complexity index is 1010. The van der Waals surface area contributed by atoms with Crippen LogP contribution in [0.3, 0.4) is 0 Å². The fourth-order valence-corrected chi connectivity index (χ4v) is 4.85. The van der Waals surface area contributed by atoms with Crippen LogP contribution in [0.2, 0.25) is 0 Å². The molecule has 2 aromatic rings. The number of alkyl carbamates (subject to hydrolysis) is 1. The van der Waals surface area contributed by atoms with Crippen molar-refractivity contribution in [2.24, 2.45) is 0 Å². The molecule has 7 heteroatoms. The van der Waals surface area contributed by atoms with Crippen LogP contribution in [-0.4, -0.2) is 52.7 Å². The first-order valence-corrected chi connectivity index (χ1v) is 11.0. The van der Waals surface area contributed by atoms with Crippen molar-refractivity contribution in [3.63, 3.8) is 0 Å². The molecule has 1 fully saturated rings. The number of carbonyl (C=O) groups excluding carboxylic acids is 2. The molecule has 0 aromatic heterocycles. The Morgan fingerprint density at radius 3 is 2.28 bits per heavy atom. The van der Waals surface area contributed by atoms with E-state index < -0.39 is 23.6 Å². The first kappa shape index (κ1) is 21.9. The fourth-order valence-electron chi connectivity index (χ4n) is 4.85. The van der Waals surface area contributed by atoms with Gasteiger partial charge in [-0.3, -0.25) is 4.79 Å². The van der Waals surface area contributed by atoms with E-state index in [1.807, 2.05) is 36.4 Å². The van der Waals surface area contributed by atoms with E-state index in [1.165, 1.54) is 4.90 Å². The van der Waals surface area contributed by atoms with Crippen molar-refractivity contribution in [2.75, 3.05) is 13.2 Å². The second-order valence-electron chi connectivity index (χ2n) is 8.60. The second kappa shape index (κ2) is 8.65. The lowest BCUT2D eigenvalue weighted by atomic mass is 9.98. The average Bonchev–Trinajstić information content (AvgIpc) is 3.35. The summed E-state index contributed by atoms with van der Waals surface area (Å²) in [7, 11) is 0. The van der Waals surface area contributed by atoms with Crippen LogP contribution in [-0.2, 0) is 14.3 Å². The zero-order valence-electron chi connectivity index (χ0n) is 18.3. The molecule has 7 nitrogen and oxygen atoms in total. The highest BCUT2D eigenvalue weighted by Crippen LogP contribution is 2.44. The lowest BCUT2D eigenvalue weighted by Crippen LogP contribution is -2.57. The smallest absolute Gasteiger partial charge is 0.407 e. The fraction of sp³-hybridized carbons (Fsp3) is 0.400. The Balaban J connectivity index is 1.43. The van der Waals surface area contributed by atoms with Crippen LogP contribution >= 0.6 is 0 Å². The number of aliphatic carboxylic acids is 1. The zero-order valence-corrected chi connectivity index (χ0v) is 18.3. The quantitative estimate of drug-likeness (QED) is 0.719. The number of nitrogens with one attached hydrogen (secondary N) is 1. The van der Waals surface area contributed by atoms with Crippen molar-refractivity contribution in [3.05, 3.63) is 59.7 Å². The SMILES string of the molecule is CCC(NC(=O)OCC1c2ccccc2-c2ccccc21)C(=O)N1CCC[C@]1(C)C(=O)O. The molecule has 2 amide bonds. The van der Waals surface area contributed by atoms with Crippen molar-refractivity contribution in [2.45, 2.75) is 50.6 Å². The zero-order chi connectivity index (χ0) is 22.9. The molecule has 0 saturated carbocycles. The summed E-state index contributed by atoms with van der Waals surface area (Å²) in [5, 5.41) is 12.2. The number of ether oxygens (including phenoxy) is 1. The van der Waals surface area contributed by atoms with Crippen LogP contribution in [0.1, 0.15) is 50.2 Å². The summed E-state index contributed by atoms with van der Waals surface area (Å²) in [5.41, 5.74) is 3.26. The number of hydrogen-bond donors (Lipinski definition) is 2. The van der Waals surface area contributed by atoms with Gasteiger partial charge in [0.25, 0.3) is 0 Å². The first-order chi connectivity index (χ1) is 15.4. The maximum atomic E-state index is 13.0. The van der Waals surface area contributed by atoms with Gasteiger partial charge in [0.1, 0.15) is 18.2 Å². The van der Waals surface area contributed by atoms with E-state index in [-0.39, 0.29) is 18.4 Å². The molecule has 0 spiro atoms. The standard InChI is InChI=1S/C25H28N2O5/c1-3-21(22(28)27-14-8-13-25(27,2)23(29)30)26-24(31)32-15-20-18-11-6-4-9-16(18)17-10-5-7-12-19(17)20/h4-7,9-12,20-21H,3,8,13-15H2,1-2H3,(H,26,31)(H,29,30)/t21?,25-/m1/s1. The van der Waals surface area contributed by atoms with Gasteiger partial charge in [-0.25, -0.2) is 9.59 Å². The van der Waals surface area contributed by atoms with Gasteiger partial charge in [0.2, 0.25) is 5.91 Å². The van der Waals surface area contributed by atoms with Gasteiger partial charge in [-0.05, 0) is 48.4 Å². The molecule has 168 valence electrons. The minimum atomic E-state index is -1.24. The minimum absolute atomic E-state index is 0.0715. The van der Waals surface area contributed by atoms with E-state index in [4.69, 9.17) is 4.74 Å². The number of carboxylic acids is 1. The molecule has 2 aromatic carbocycles. The molecule has 2 N–H and O–H groups in total. The number of carbonyl (C=O) groups is 3. The Hall–Kier alpha value is -3.35. The van der Waals surface area contributed by atoms with E-state index in [1.54, 1.807) is 13.8 Å². The molecular formula is C25H28N2O5. The molecule has 0 radical (unpaired) electrons. The number of amides is 2. The van der Waals surface area contributed by atoms with Crippen LogP contribution in [0.4, 0.5) is 4.79 Å². The maximum Gasteiger partial charge on any atom is 0.407 e. The predicted octanol–water partition coefficient (Wildman–Crippen LogP) is 3.77. The average molecular weight is 437 g/mol. The molecule has 1 aliphatic carbocycles. The predicted molar refractivity (Wildman–Crippen MR) is 119 cm³/mol. The van der Waals surface area contributed by atoms with E-state index in [0.717, 1.165) is 22.3 Å². The number of benzene rings is 2. The summed E-state index contributed by atoms with van der Waals surface area (Å²) in [5.74, 6) is -1.49. The molecule has 2 atom stereocenters. The van der Waals surface area contributed by atoms with Crippen molar-refractivity contribution in [1.29, 1.82) is 0 Å². The van der Waals surface area contributed by atoms with Crippen LogP contribution < -0.4 is 5.32 Å². The third-order valence-corrected chi connectivity index (χ3v) is 6.71. The Kier molecular flexibility index (Phi) is 5.91. The molecule has 1 unspecified atom stereocenters. The second-order valence-corrected chi connectivity index (χ2v) is 8.60. The van der Waals surface area contributed by atoms with Gasteiger partial charge in [0, 0.05) is 12.5 Å². The molecule has 1 saturated heterocycles. The number of nitrogens with zero attached hydrogens (tertiary/aromatic N) is 1. The van der Waals surface area contributed by atoms with E-state index in [2.05, 4.69) is 17.4 Å². The van der Waals surface area contributed by atoms with Gasteiger partial charge in [-0.1, -0.05) is 55.5 Å². The third-order valence-electron chi connectivity index (χ3n) is 6.71. The summed E-state index contributed by atoms with van der Waals surface area (Å²) >= 11 is 0. The van der Waals surface area contributed by atoms with Gasteiger partial charge in [-0.15, -0.1) is 0 Å². The van der Waals surface area contributed by atoms with Crippen LogP contribution in [0.5, 0.6) is 0 Å². The van der Waals surface area contributed by atoms with E-state index in [9.17, 15) is 19.5 Å². The van der Waals surface area contributed by atoms with Crippen LogP contribution in [0.15, 0.2) is 48.5 Å². The first-order valence-electron chi connectivity index (χ1n) is 11.0. The highest BCUT2D eigenvalue weighted by atomic mass is 16.5. The van der Waals surface area contributed by atoms with Gasteiger partial charge in [0.05, 0.1) is 0 Å². The number of likely N-dealkylation sites (tertiary alicyclic amines) is 1. The van der Waals surface area contributed by atoms with Crippen LogP contribution in [0.25, 0.3) is 11.1 Å². The molecule has 1 aliphatic heterocycles. The van der Waals surface area contributed by atoms with E-state index in [0.29, 0.717) is 25.8 Å². The lowest BCUT2D eigenvalue weighted by Gasteiger charge is -2.33. The monoisotopic (exact) mass is 436 g/mol. The lowest BCUT2D eigenvalue weighted by molar-refractivity contribution is -0.156. The maximum absolute atomic E-state index is 13.0. The van der Waals surface area contributed by atoms with Crippen LogP contribution in [0, 0.1) is 0 Å². The van der Waals surface area contributed by atoms with Gasteiger partial charge in [0.15, 0.2) is 0 Å². The summed E-state index contributed by atoms with van der Waals surface area (Å²) in [6.07, 6.45) is 0.684. The third kappa shape index (κ3) is 3.72. The molecule has 2 aliphatic rings. The molecule has 0 bridgehead atoms. The number of rotatable bonds is 6. The summed E-state index contributed by atoms with van der Waals surface area (Å²) < 4.78 is 5.55. The Labute approximate surface area is 187 Å². The highest BCUT2D eigenvalue weighted by Gasteiger charge is 2.47. The van der Waals surface area contributed by atoms with Crippen molar-refractivity contribution < 1.29 is 24.2 Å². The molecule has 32 heavy (non-hydrogen) atoms. The Morgan fingerprint density at radius 1 is 1.12 bits per heavy atom. The van der Waals surface area contributed by atoms with E-state index >= 15 is 0 Å².